The molecular weight excluding hydrogens is 229 g/mol. The predicted octanol–water partition coefficient (Wildman–Crippen LogP) is 2.91. The fourth-order valence-corrected chi connectivity index (χ4v) is 1.98. The van der Waals surface area contributed by atoms with Crippen LogP contribution in [0.15, 0.2) is 18.3 Å². The van der Waals surface area contributed by atoms with E-state index in [-0.39, 0.29) is 5.28 Å². The first kappa shape index (κ1) is 8.87. The molecule has 2 rings (SSSR count). The smallest absolute Gasteiger partial charge is 0.214 e. The zero-order valence-corrected chi connectivity index (χ0v) is 8.57. The Morgan fingerprint density at radius 1 is 1.23 bits per heavy atom. The molecule has 0 radical (unpaired) electrons. The van der Waals surface area contributed by atoms with Gasteiger partial charge in [0.25, 0.3) is 0 Å². The van der Waals surface area contributed by atoms with Crippen molar-refractivity contribution in [1.29, 1.82) is 0 Å². The van der Waals surface area contributed by atoms with Crippen LogP contribution in [0.2, 0.25) is 9.62 Å². The SMILES string of the molecule is Clc1nncc(-c2ccc(Cl)s2)n1. The summed E-state index contributed by atoms with van der Waals surface area (Å²) in [5.41, 5.74) is 0.692. The standard InChI is InChI=1S/C7H3Cl2N3S/c8-6-2-1-5(13-6)4-3-10-12-7(9)11-4/h1-3H. The maximum absolute atomic E-state index is 5.77. The normalized spacial score (nSPS) is 10.3. The van der Waals surface area contributed by atoms with E-state index in [0.29, 0.717) is 10.0 Å². The number of halogens is 2. The van der Waals surface area contributed by atoms with Gasteiger partial charge in [-0.05, 0) is 23.7 Å². The molecule has 2 aromatic rings. The third-order valence-corrected chi connectivity index (χ3v) is 2.77. The Kier molecular flexibility index (Phi) is 2.44. The molecule has 0 atom stereocenters. The Morgan fingerprint density at radius 2 is 2.08 bits per heavy atom. The van der Waals surface area contributed by atoms with E-state index in [4.69, 9.17) is 23.2 Å². The quantitative estimate of drug-likeness (QED) is 0.758. The first-order valence-corrected chi connectivity index (χ1v) is 4.94. The number of aromatic nitrogens is 3. The second-order valence-corrected chi connectivity index (χ2v) is 4.27. The molecule has 2 heterocycles. The van der Waals surface area contributed by atoms with Crippen LogP contribution in [0.1, 0.15) is 0 Å². The first-order valence-electron chi connectivity index (χ1n) is 3.36. The molecule has 3 nitrogen and oxygen atoms in total. The highest BCUT2D eigenvalue weighted by Gasteiger charge is 2.04. The molecular formula is C7H3Cl2N3S. The number of rotatable bonds is 1. The van der Waals surface area contributed by atoms with Crippen LogP contribution in [0.25, 0.3) is 10.6 Å². The van der Waals surface area contributed by atoms with Crippen LogP contribution in [0.3, 0.4) is 0 Å². The third kappa shape index (κ3) is 1.96. The van der Waals surface area contributed by atoms with Gasteiger partial charge in [-0.25, -0.2) is 4.98 Å². The largest absolute Gasteiger partial charge is 0.243 e. The molecule has 2 aromatic heterocycles. The molecule has 6 heteroatoms. The summed E-state index contributed by atoms with van der Waals surface area (Å²) in [6.45, 7) is 0. The Hall–Kier alpha value is -0.710. The zero-order chi connectivity index (χ0) is 9.26. The van der Waals surface area contributed by atoms with Gasteiger partial charge >= 0.3 is 0 Å². The summed E-state index contributed by atoms with van der Waals surface area (Å²) in [6.07, 6.45) is 1.55. The average Bonchev–Trinajstić information content (AvgIpc) is 2.52. The Bertz CT molecular complexity index is 429. The van der Waals surface area contributed by atoms with Crippen molar-refractivity contribution in [2.45, 2.75) is 0 Å². The van der Waals surface area contributed by atoms with Crippen molar-refractivity contribution >= 4 is 34.5 Å². The van der Waals surface area contributed by atoms with Gasteiger partial charge in [-0.1, -0.05) is 11.6 Å². The van der Waals surface area contributed by atoms with Crippen LogP contribution in [0, 0.1) is 0 Å². The van der Waals surface area contributed by atoms with Gasteiger partial charge < -0.3 is 0 Å². The molecule has 0 aromatic carbocycles. The lowest BCUT2D eigenvalue weighted by atomic mass is 10.4. The minimum Gasteiger partial charge on any atom is -0.214 e. The van der Waals surface area contributed by atoms with Crippen molar-refractivity contribution in [2.75, 3.05) is 0 Å². The van der Waals surface area contributed by atoms with Crippen LogP contribution in [-0.2, 0) is 0 Å². The lowest BCUT2D eigenvalue weighted by Crippen LogP contribution is -1.87. The van der Waals surface area contributed by atoms with Gasteiger partial charge in [-0.2, -0.15) is 5.10 Å². The maximum atomic E-state index is 5.77. The second kappa shape index (κ2) is 3.57. The summed E-state index contributed by atoms with van der Waals surface area (Å²) in [6, 6.07) is 3.67. The van der Waals surface area contributed by atoms with E-state index in [1.54, 1.807) is 12.3 Å². The monoisotopic (exact) mass is 231 g/mol. The van der Waals surface area contributed by atoms with Gasteiger partial charge in [0.2, 0.25) is 5.28 Å². The molecule has 0 aliphatic carbocycles. The molecule has 0 saturated heterocycles. The number of thiophene rings is 1. The van der Waals surface area contributed by atoms with Crippen molar-refractivity contribution in [1.82, 2.24) is 15.2 Å². The van der Waals surface area contributed by atoms with Crippen LogP contribution in [0.5, 0.6) is 0 Å². The van der Waals surface area contributed by atoms with Crippen LogP contribution in [0.4, 0.5) is 0 Å². The predicted molar refractivity (Wildman–Crippen MR) is 53.2 cm³/mol. The van der Waals surface area contributed by atoms with Crippen molar-refractivity contribution in [3.63, 3.8) is 0 Å². The van der Waals surface area contributed by atoms with Crippen molar-refractivity contribution in [3.05, 3.63) is 27.9 Å². The Labute approximate surface area is 88.4 Å². The minimum atomic E-state index is 0.141. The van der Waals surface area contributed by atoms with Crippen molar-refractivity contribution < 1.29 is 0 Å². The van der Waals surface area contributed by atoms with Gasteiger partial charge in [-0.3, -0.25) is 0 Å². The molecule has 0 aliphatic rings. The fourth-order valence-electron chi connectivity index (χ4n) is 0.852. The van der Waals surface area contributed by atoms with Gasteiger partial charge in [0.15, 0.2) is 0 Å². The van der Waals surface area contributed by atoms with Gasteiger partial charge in [-0.15, -0.1) is 16.4 Å². The van der Waals surface area contributed by atoms with Crippen LogP contribution in [-0.4, -0.2) is 15.2 Å². The molecule has 66 valence electrons. The maximum Gasteiger partial charge on any atom is 0.243 e. The summed E-state index contributed by atoms with van der Waals surface area (Å²) in [5, 5.41) is 7.38. The van der Waals surface area contributed by atoms with E-state index >= 15 is 0 Å². The Morgan fingerprint density at radius 3 is 2.69 bits per heavy atom. The summed E-state index contributed by atoms with van der Waals surface area (Å²) in [7, 11) is 0. The van der Waals surface area contributed by atoms with Gasteiger partial charge in [0.1, 0.15) is 5.69 Å². The van der Waals surface area contributed by atoms with E-state index in [2.05, 4.69) is 15.2 Å². The lowest BCUT2D eigenvalue weighted by Gasteiger charge is -1.93. The molecule has 0 fully saturated rings. The van der Waals surface area contributed by atoms with E-state index in [9.17, 15) is 0 Å². The van der Waals surface area contributed by atoms with Crippen LogP contribution < -0.4 is 0 Å². The molecule has 0 aliphatic heterocycles. The summed E-state index contributed by atoms with van der Waals surface area (Å²) >= 11 is 12.8. The summed E-state index contributed by atoms with van der Waals surface area (Å²) < 4.78 is 0.713. The minimum absolute atomic E-state index is 0.141. The lowest BCUT2D eigenvalue weighted by molar-refractivity contribution is 0.976. The van der Waals surface area contributed by atoms with Gasteiger partial charge in [0.05, 0.1) is 15.4 Å². The van der Waals surface area contributed by atoms with Crippen LogP contribution >= 0.6 is 34.5 Å². The number of hydrogen-bond acceptors (Lipinski definition) is 4. The highest BCUT2D eigenvalue weighted by atomic mass is 35.5. The summed E-state index contributed by atoms with van der Waals surface area (Å²) in [5.74, 6) is 0. The summed E-state index contributed by atoms with van der Waals surface area (Å²) in [4.78, 5) is 4.93. The average molecular weight is 232 g/mol. The van der Waals surface area contributed by atoms with Crippen molar-refractivity contribution in [3.8, 4) is 10.6 Å². The second-order valence-electron chi connectivity index (χ2n) is 2.21. The van der Waals surface area contributed by atoms with Crippen molar-refractivity contribution in [2.24, 2.45) is 0 Å². The molecule has 0 N–H and O–H groups in total. The van der Waals surface area contributed by atoms with E-state index in [1.165, 1.54) is 11.3 Å². The van der Waals surface area contributed by atoms with E-state index < -0.39 is 0 Å². The highest BCUT2D eigenvalue weighted by molar-refractivity contribution is 7.19. The topological polar surface area (TPSA) is 38.7 Å². The zero-order valence-electron chi connectivity index (χ0n) is 6.24. The number of hydrogen-bond donors (Lipinski definition) is 0. The Balaban J connectivity index is 2.46. The molecule has 0 spiro atoms. The molecule has 0 amide bonds. The van der Waals surface area contributed by atoms with Gasteiger partial charge in [0, 0.05) is 0 Å². The van der Waals surface area contributed by atoms with E-state index in [0.717, 1.165) is 4.88 Å². The molecule has 0 unspecified atom stereocenters. The van der Waals surface area contributed by atoms with E-state index in [1.807, 2.05) is 6.07 Å². The third-order valence-electron chi connectivity index (χ3n) is 1.36. The molecule has 13 heavy (non-hydrogen) atoms. The molecule has 0 bridgehead atoms. The fraction of sp³-hybridized carbons (Fsp3) is 0. The highest BCUT2D eigenvalue weighted by Crippen LogP contribution is 2.29. The molecule has 0 saturated carbocycles. The first-order chi connectivity index (χ1) is 6.25. The number of nitrogens with zero attached hydrogens (tertiary/aromatic N) is 3.